The molecular formula is C13H18ClFN2O. The van der Waals surface area contributed by atoms with Crippen LogP contribution in [-0.2, 0) is 11.3 Å². The Kier molecular flexibility index (Phi) is 4.71. The van der Waals surface area contributed by atoms with Crippen molar-refractivity contribution in [1.29, 1.82) is 0 Å². The van der Waals surface area contributed by atoms with E-state index in [2.05, 4.69) is 5.32 Å². The molecule has 3 N–H and O–H groups in total. The Morgan fingerprint density at radius 1 is 1.50 bits per heavy atom. The highest BCUT2D eigenvalue weighted by Crippen LogP contribution is 2.21. The van der Waals surface area contributed by atoms with Crippen molar-refractivity contribution in [2.24, 2.45) is 11.1 Å². The second-order valence-electron chi connectivity index (χ2n) is 5.32. The highest BCUT2D eigenvalue weighted by atomic mass is 35.5. The summed E-state index contributed by atoms with van der Waals surface area (Å²) in [7, 11) is 0. The number of carbonyl (C=O) groups is 1. The van der Waals surface area contributed by atoms with Crippen LogP contribution in [0.15, 0.2) is 18.2 Å². The van der Waals surface area contributed by atoms with E-state index in [4.69, 9.17) is 17.3 Å². The first kappa shape index (κ1) is 14.9. The Balaban J connectivity index is 2.79. The third kappa shape index (κ3) is 3.96. The third-order valence-electron chi connectivity index (χ3n) is 2.65. The van der Waals surface area contributed by atoms with Gasteiger partial charge in [0.1, 0.15) is 5.82 Å². The largest absolute Gasteiger partial charge is 0.368 e. The molecule has 0 aliphatic heterocycles. The second kappa shape index (κ2) is 5.67. The highest BCUT2D eigenvalue weighted by Gasteiger charge is 2.29. The van der Waals surface area contributed by atoms with Gasteiger partial charge in [-0.2, -0.15) is 0 Å². The van der Waals surface area contributed by atoms with Crippen LogP contribution in [-0.4, -0.2) is 11.9 Å². The van der Waals surface area contributed by atoms with Crippen LogP contribution in [0.4, 0.5) is 4.39 Å². The zero-order chi connectivity index (χ0) is 13.9. The molecule has 0 aromatic heterocycles. The summed E-state index contributed by atoms with van der Waals surface area (Å²) in [4.78, 5) is 11.4. The summed E-state index contributed by atoms with van der Waals surface area (Å²) in [6, 6.07) is 3.62. The van der Waals surface area contributed by atoms with Crippen molar-refractivity contribution in [3.05, 3.63) is 34.6 Å². The SMILES string of the molecule is CC(C)(C)C(NCc1cc(F)ccc1Cl)C(N)=O. The van der Waals surface area contributed by atoms with Gasteiger partial charge in [-0.15, -0.1) is 0 Å². The van der Waals surface area contributed by atoms with E-state index in [0.29, 0.717) is 17.1 Å². The van der Waals surface area contributed by atoms with Crippen LogP contribution >= 0.6 is 11.6 Å². The number of rotatable bonds is 4. The van der Waals surface area contributed by atoms with E-state index in [1.807, 2.05) is 20.8 Å². The molecule has 100 valence electrons. The lowest BCUT2D eigenvalue weighted by atomic mass is 9.86. The zero-order valence-electron chi connectivity index (χ0n) is 10.8. The predicted octanol–water partition coefficient (Wildman–Crippen LogP) is 2.47. The molecule has 18 heavy (non-hydrogen) atoms. The maximum Gasteiger partial charge on any atom is 0.235 e. The van der Waals surface area contributed by atoms with Crippen LogP contribution in [0.1, 0.15) is 26.3 Å². The van der Waals surface area contributed by atoms with Gasteiger partial charge < -0.3 is 11.1 Å². The van der Waals surface area contributed by atoms with Gasteiger partial charge in [-0.05, 0) is 29.2 Å². The Hall–Kier alpha value is -1.13. The fourth-order valence-electron chi connectivity index (χ4n) is 1.72. The molecule has 0 spiro atoms. The van der Waals surface area contributed by atoms with Crippen LogP contribution < -0.4 is 11.1 Å². The molecule has 1 rings (SSSR count). The minimum atomic E-state index is -0.503. The Morgan fingerprint density at radius 3 is 2.61 bits per heavy atom. The predicted molar refractivity (Wildman–Crippen MR) is 70.7 cm³/mol. The van der Waals surface area contributed by atoms with E-state index < -0.39 is 11.9 Å². The van der Waals surface area contributed by atoms with E-state index in [0.717, 1.165) is 0 Å². The third-order valence-corrected chi connectivity index (χ3v) is 3.02. The van der Waals surface area contributed by atoms with Crippen molar-refractivity contribution >= 4 is 17.5 Å². The summed E-state index contributed by atoms with van der Waals surface area (Å²) >= 11 is 5.95. The van der Waals surface area contributed by atoms with Crippen molar-refractivity contribution in [3.8, 4) is 0 Å². The van der Waals surface area contributed by atoms with E-state index in [-0.39, 0.29) is 11.2 Å². The van der Waals surface area contributed by atoms with Gasteiger partial charge in [0, 0.05) is 11.6 Å². The van der Waals surface area contributed by atoms with E-state index in [1.165, 1.54) is 18.2 Å². The molecule has 5 heteroatoms. The van der Waals surface area contributed by atoms with Crippen molar-refractivity contribution in [3.63, 3.8) is 0 Å². The quantitative estimate of drug-likeness (QED) is 0.885. The van der Waals surface area contributed by atoms with Crippen LogP contribution in [0.5, 0.6) is 0 Å². The smallest absolute Gasteiger partial charge is 0.235 e. The Labute approximate surface area is 112 Å². The average Bonchev–Trinajstić information content (AvgIpc) is 2.20. The molecule has 0 aliphatic rings. The lowest BCUT2D eigenvalue weighted by Gasteiger charge is -2.29. The molecule has 0 fully saturated rings. The molecule has 1 aromatic rings. The molecular weight excluding hydrogens is 255 g/mol. The monoisotopic (exact) mass is 272 g/mol. The number of hydrogen-bond acceptors (Lipinski definition) is 2. The van der Waals surface area contributed by atoms with E-state index >= 15 is 0 Å². The molecule has 0 saturated carbocycles. The summed E-state index contributed by atoms with van der Waals surface area (Å²) in [5, 5.41) is 3.48. The summed E-state index contributed by atoms with van der Waals surface area (Å²) in [6.45, 7) is 6.01. The number of primary amides is 1. The Morgan fingerprint density at radius 2 is 2.11 bits per heavy atom. The van der Waals surface area contributed by atoms with Crippen molar-refractivity contribution < 1.29 is 9.18 Å². The first-order chi connectivity index (χ1) is 8.21. The second-order valence-corrected chi connectivity index (χ2v) is 5.73. The zero-order valence-corrected chi connectivity index (χ0v) is 11.5. The number of benzene rings is 1. The molecule has 1 atom stereocenters. The standard InChI is InChI=1S/C13H18ClFN2O/c1-13(2,3)11(12(16)18)17-7-8-6-9(15)4-5-10(8)14/h4-6,11,17H,7H2,1-3H3,(H2,16,18). The molecule has 1 unspecified atom stereocenters. The maximum atomic E-state index is 13.1. The van der Waals surface area contributed by atoms with E-state index in [1.54, 1.807) is 0 Å². The fraction of sp³-hybridized carbons (Fsp3) is 0.462. The molecule has 0 saturated heterocycles. The average molecular weight is 273 g/mol. The van der Waals surface area contributed by atoms with Crippen LogP contribution in [0, 0.1) is 11.2 Å². The van der Waals surface area contributed by atoms with Gasteiger partial charge in [0.25, 0.3) is 0 Å². The Bertz CT molecular complexity index is 443. The van der Waals surface area contributed by atoms with Crippen molar-refractivity contribution in [2.45, 2.75) is 33.4 Å². The van der Waals surface area contributed by atoms with Gasteiger partial charge >= 0.3 is 0 Å². The minimum absolute atomic E-state index is 0.293. The molecule has 0 aliphatic carbocycles. The molecule has 0 bridgehead atoms. The summed E-state index contributed by atoms with van der Waals surface area (Å²) < 4.78 is 13.1. The van der Waals surface area contributed by atoms with E-state index in [9.17, 15) is 9.18 Å². The van der Waals surface area contributed by atoms with Gasteiger partial charge in [0.15, 0.2) is 0 Å². The number of nitrogens with two attached hydrogens (primary N) is 1. The van der Waals surface area contributed by atoms with Gasteiger partial charge in [0.2, 0.25) is 5.91 Å². The number of carbonyl (C=O) groups excluding carboxylic acids is 1. The topological polar surface area (TPSA) is 55.1 Å². The molecule has 0 heterocycles. The summed E-state index contributed by atoms with van der Waals surface area (Å²) in [5.74, 6) is -0.794. The van der Waals surface area contributed by atoms with Crippen molar-refractivity contribution in [2.75, 3.05) is 0 Å². The molecule has 1 aromatic carbocycles. The number of nitrogens with one attached hydrogen (secondary N) is 1. The lowest BCUT2D eigenvalue weighted by molar-refractivity contribution is -0.122. The van der Waals surface area contributed by atoms with Gasteiger partial charge in [-0.25, -0.2) is 4.39 Å². The first-order valence-corrected chi connectivity index (χ1v) is 6.06. The molecule has 3 nitrogen and oxygen atoms in total. The maximum absolute atomic E-state index is 13.1. The fourth-order valence-corrected chi connectivity index (χ4v) is 1.91. The normalized spacial score (nSPS) is 13.4. The lowest BCUT2D eigenvalue weighted by Crippen LogP contribution is -2.49. The summed E-state index contributed by atoms with van der Waals surface area (Å²) in [5.41, 5.74) is 5.64. The number of hydrogen-bond donors (Lipinski definition) is 2. The van der Waals surface area contributed by atoms with Gasteiger partial charge in [0.05, 0.1) is 6.04 Å². The van der Waals surface area contributed by atoms with Crippen LogP contribution in [0.3, 0.4) is 0 Å². The molecule has 0 radical (unpaired) electrons. The molecule has 1 amide bonds. The van der Waals surface area contributed by atoms with Crippen LogP contribution in [0.2, 0.25) is 5.02 Å². The van der Waals surface area contributed by atoms with Crippen molar-refractivity contribution in [1.82, 2.24) is 5.32 Å². The summed E-state index contributed by atoms with van der Waals surface area (Å²) in [6.07, 6.45) is 0. The van der Waals surface area contributed by atoms with Crippen LogP contribution in [0.25, 0.3) is 0 Å². The number of halogens is 2. The first-order valence-electron chi connectivity index (χ1n) is 5.68. The highest BCUT2D eigenvalue weighted by molar-refractivity contribution is 6.31. The van der Waals surface area contributed by atoms with Gasteiger partial charge in [-0.3, -0.25) is 4.79 Å². The number of amides is 1. The minimum Gasteiger partial charge on any atom is -0.368 e. The van der Waals surface area contributed by atoms with Gasteiger partial charge in [-0.1, -0.05) is 32.4 Å².